The van der Waals surface area contributed by atoms with Crippen LogP contribution < -0.4 is 15.8 Å². The van der Waals surface area contributed by atoms with Crippen molar-refractivity contribution in [3.8, 4) is 17.6 Å². The van der Waals surface area contributed by atoms with Gasteiger partial charge in [-0.05, 0) is 30.3 Å². The summed E-state index contributed by atoms with van der Waals surface area (Å²) in [6.45, 7) is 0.254. The molecular formula is C18H14N4O3S. The summed E-state index contributed by atoms with van der Waals surface area (Å²) in [5, 5.41) is 2.70. The van der Waals surface area contributed by atoms with Gasteiger partial charge in [-0.1, -0.05) is 24.0 Å². The van der Waals surface area contributed by atoms with Crippen LogP contribution in [0.3, 0.4) is 0 Å². The normalized spacial score (nSPS) is 10.0. The summed E-state index contributed by atoms with van der Waals surface area (Å²) in [6, 6.07) is 11.8. The number of rotatable bonds is 5. The van der Waals surface area contributed by atoms with Crippen molar-refractivity contribution in [2.45, 2.75) is 0 Å². The largest absolute Gasteiger partial charge is 0.480 e. The molecule has 0 aliphatic rings. The van der Waals surface area contributed by atoms with Crippen LogP contribution in [0.25, 0.3) is 11.0 Å². The van der Waals surface area contributed by atoms with Gasteiger partial charge >= 0.3 is 0 Å². The minimum Gasteiger partial charge on any atom is -0.480 e. The van der Waals surface area contributed by atoms with Crippen molar-refractivity contribution in [3.05, 3.63) is 53.6 Å². The molecule has 0 aliphatic carbocycles. The van der Waals surface area contributed by atoms with E-state index in [-0.39, 0.29) is 19.1 Å². The molecule has 3 rings (SSSR count). The summed E-state index contributed by atoms with van der Waals surface area (Å²) >= 11 is 1.10. The predicted molar refractivity (Wildman–Crippen MR) is 98.0 cm³/mol. The van der Waals surface area contributed by atoms with E-state index in [2.05, 4.69) is 25.9 Å². The van der Waals surface area contributed by atoms with Gasteiger partial charge in [0.2, 0.25) is 0 Å². The van der Waals surface area contributed by atoms with Gasteiger partial charge in [-0.2, -0.15) is 8.75 Å². The molecule has 0 spiro atoms. The number of aromatic nitrogens is 2. The van der Waals surface area contributed by atoms with E-state index in [0.717, 1.165) is 17.2 Å². The number of carbonyl (C=O) groups is 2. The van der Waals surface area contributed by atoms with Crippen molar-refractivity contribution >= 4 is 34.6 Å². The summed E-state index contributed by atoms with van der Waals surface area (Å²) in [5.41, 5.74) is 7.53. The number of amides is 2. The van der Waals surface area contributed by atoms with Crippen molar-refractivity contribution in [1.82, 2.24) is 14.1 Å². The molecule has 0 aliphatic heterocycles. The minimum absolute atomic E-state index is 0.0800. The Morgan fingerprint density at radius 2 is 1.92 bits per heavy atom. The highest BCUT2D eigenvalue weighted by atomic mass is 32.1. The standard InChI is InChI=1S/C18H14N4O3S/c19-17(23)13-5-1-2-6-16(13)25-10-4-3-9-20-18(24)12-7-8-14-15(11-12)22-26-21-14/h1-2,5-8,11H,9-10H2,(H2,19,23)(H,20,24). The van der Waals surface area contributed by atoms with Crippen molar-refractivity contribution in [3.63, 3.8) is 0 Å². The maximum Gasteiger partial charge on any atom is 0.252 e. The highest BCUT2D eigenvalue weighted by Crippen LogP contribution is 2.16. The Kier molecular flexibility index (Phi) is 5.41. The molecule has 1 heterocycles. The molecule has 0 atom stereocenters. The molecule has 0 fully saturated rings. The number of nitrogens with zero attached hydrogens (tertiary/aromatic N) is 2. The fourth-order valence-corrected chi connectivity index (χ4v) is 2.69. The molecule has 2 amide bonds. The maximum absolute atomic E-state index is 12.1. The van der Waals surface area contributed by atoms with E-state index < -0.39 is 5.91 Å². The lowest BCUT2D eigenvalue weighted by molar-refractivity contribution is 0.0957. The molecule has 1 aromatic heterocycles. The first-order valence-electron chi connectivity index (χ1n) is 7.63. The molecule has 0 radical (unpaired) electrons. The fourth-order valence-electron chi connectivity index (χ4n) is 2.17. The molecule has 130 valence electrons. The number of hydrogen-bond acceptors (Lipinski definition) is 6. The van der Waals surface area contributed by atoms with E-state index in [4.69, 9.17) is 10.5 Å². The van der Waals surface area contributed by atoms with Crippen molar-refractivity contribution in [1.29, 1.82) is 0 Å². The van der Waals surface area contributed by atoms with Crippen LogP contribution in [0.5, 0.6) is 5.75 Å². The summed E-state index contributed by atoms with van der Waals surface area (Å²) in [7, 11) is 0. The molecule has 0 bridgehead atoms. The van der Waals surface area contributed by atoms with Gasteiger partial charge in [-0.25, -0.2) is 0 Å². The topological polar surface area (TPSA) is 107 Å². The third-order valence-electron chi connectivity index (χ3n) is 3.43. The highest BCUT2D eigenvalue weighted by molar-refractivity contribution is 7.00. The Hall–Kier alpha value is -3.44. The predicted octanol–water partition coefficient (Wildman–Crippen LogP) is 1.60. The van der Waals surface area contributed by atoms with E-state index in [9.17, 15) is 9.59 Å². The molecule has 3 aromatic rings. The molecule has 26 heavy (non-hydrogen) atoms. The second kappa shape index (κ2) is 8.09. The molecule has 7 nitrogen and oxygen atoms in total. The summed E-state index contributed by atoms with van der Waals surface area (Å²) < 4.78 is 13.6. The number of nitrogens with two attached hydrogens (primary N) is 1. The Balaban J connectivity index is 1.50. The Bertz CT molecular complexity index is 1020. The number of carbonyl (C=O) groups excluding carboxylic acids is 2. The lowest BCUT2D eigenvalue weighted by Crippen LogP contribution is -2.23. The van der Waals surface area contributed by atoms with Crippen LogP contribution in [0, 0.1) is 11.8 Å². The van der Waals surface area contributed by atoms with Crippen molar-refractivity contribution < 1.29 is 14.3 Å². The number of primary amides is 1. The molecule has 2 aromatic carbocycles. The number of hydrogen-bond donors (Lipinski definition) is 2. The van der Waals surface area contributed by atoms with E-state index in [1.54, 1.807) is 42.5 Å². The number of fused-ring (bicyclic) bond motifs is 1. The van der Waals surface area contributed by atoms with Gasteiger partial charge < -0.3 is 15.8 Å². The quantitative estimate of drug-likeness (QED) is 0.667. The first-order chi connectivity index (χ1) is 12.6. The highest BCUT2D eigenvalue weighted by Gasteiger charge is 2.08. The van der Waals surface area contributed by atoms with Gasteiger partial charge in [0.15, 0.2) is 0 Å². The maximum atomic E-state index is 12.1. The SMILES string of the molecule is NC(=O)c1ccccc1OCC#CCNC(=O)c1ccc2nsnc2c1. The van der Waals surface area contributed by atoms with E-state index in [1.165, 1.54) is 0 Å². The monoisotopic (exact) mass is 366 g/mol. The first-order valence-corrected chi connectivity index (χ1v) is 8.36. The zero-order valence-corrected chi connectivity index (χ0v) is 14.4. The van der Waals surface area contributed by atoms with E-state index >= 15 is 0 Å². The number of ether oxygens (including phenoxy) is 1. The average Bonchev–Trinajstić information content (AvgIpc) is 3.12. The second-order valence-electron chi connectivity index (χ2n) is 5.15. The van der Waals surface area contributed by atoms with Crippen LogP contribution in [-0.4, -0.2) is 33.7 Å². The van der Waals surface area contributed by atoms with E-state index in [1.807, 2.05) is 0 Å². The average molecular weight is 366 g/mol. The van der Waals surface area contributed by atoms with Crippen LogP contribution in [0.15, 0.2) is 42.5 Å². The number of nitrogens with one attached hydrogen (secondary N) is 1. The van der Waals surface area contributed by atoms with Gasteiger partial charge in [0, 0.05) is 5.56 Å². The van der Waals surface area contributed by atoms with Crippen LogP contribution in [0.1, 0.15) is 20.7 Å². The Labute approximate surface area is 153 Å². The van der Waals surface area contributed by atoms with Crippen LogP contribution >= 0.6 is 11.7 Å². The van der Waals surface area contributed by atoms with Gasteiger partial charge in [0.25, 0.3) is 11.8 Å². The third-order valence-corrected chi connectivity index (χ3v) is 3.99. The molecule has 0 saturated carbocycles. The summed E-state index contributed by atoms with van der Waals surface area (Å²) in [4.78, 5) is 23.4. The molecular weight excluding hydrogens is 352 g/mol. The summed E-state index contributed by atoms with van der Waals surface area (Å²) in [6.07, 6.45) is 0. The third kappa shape index (κ3) is 4.15. The van der Waals surface area contributed by atoms with Crippen molar-refractivity contribution in [2.24, 2.45) is 5.73 Å². The van der Waals surface area contributed by atoms with Crippen LogP contribution in [0.2, 0.25) is 0 Å². The first kappa shape index (κ1) is 17.4. The van der Waals surface area contributed by atoms with Crippen molar-refractivity contribution in [2.75, 3.05) is 13.2 Å². The van der Waals surface area contributed by atoms with Gasteiger partial charge in [0.05, 0.1) is 23.8 Å². The van der Waals surface area contributed by atoms with E-state index in [0.29, 0.717) is 22.4 Å². The molecule has 0 unspecified atom stereocenters. The zero-order valence-electron chi connectivity index (χ0n) is 13.6. The molecule has 8 heteroatoms. The zero-order chi connectivity index (χ0) is 18.4. The molecule has 0 saturated heterocycles. The minimum atomic E-state index is -0.562. The van der Waals surface area contributed by atoms with Gasteiger partial charge in [-0.15, -0.1) is 0 Å². The van der Waals surface area contributed by atoms with Gasteiger partial charge in [-0.3, -0.25) is 9.59 Å². The molecule has 3 N–H and O–H groups in total. The fraction of sp³-hybridized carbons (Fsp3) is 0.111. The lowest BCUT2D eigenvalue weighted by atomic mass is 10.2. The second-order valence-corrected chi connectivity index (χ2v) is 5.68. The Morgan fingerprint density at radius 1 is 1.12 bits per heavy atom. The summed E-state index contributed by atoms with van der Waals surface area (Å²) in [5.74, 6) is 5.14. The number of para-hydroxylation sites is 1. The Morgan fingerprint density at radius 3 is 2.77 bits per heavy atom. The number of benzene rings is 2. The lowest BCUT2D eigenvalue weighted by Gasteiger charge is -2.05. The van der Waals surface area contributed by atoms with Crippen LogP contribution in [-0.2, 0) is 0 Å². The smallest absolute Gasteiger partial charge is 0.252 e. The van der Waals surface area contributed by atoms with Gasteiger partial charge in [0.1, 0.15) is 23.4 Å². The van der Waals surface area contributed by atoms with Crippen LogP contribution in [0.4, 0.5) is 0 Å².